The van der Waals surface area contributed by atoms with E-state index in [2.05, 4.69) is 186 Å². The van der Waals surface area contributed by atoms with Crippen LogP contribution in [0, 0.1) is 0 Å². The Labute approximate surface area is 268 Å². The number of benzene rings is 6. The van der Waals surface area contributed by atoms with Crippen molar-refractivity contribution in [2.75, 3.05) is 0 Å². The Morgan fingerprint density at radius 3 is 0.651 bits per heavy atom. The van der Waals surface area contributed by atoms with Gasteiger partial charge in [-0.2, -0.15) is 0 Å². The van der Waals surface area contributed by atoms with Gasteiger partial charge in [-0.25, -0.2) is 0 Å². The number of rotatable bonds is 6. The average molecular weight is 687 g/mol. The Morgan fingerprint density at radius 2 is 0.535 bits per heavy atom. The van der Waals surface area contributed by atoms with Crippen LogP contribution in [0.15, 0.2) is 182 Å². The van der Waals surface area contributed by atoms with Crippen molar-refractivity contribution in [3.8, 4) is 0 Å². The van der Waals surface area contributed by atoms with Gasteiger partial charge in [-0.1, -0.05) is 182 Å². The Hall–Kier alpha value is -3.73. The summed E-state index contributed by atoms with van der Waals surface area (Å²) in [5.41, 5.74) is 0. The number of carbonyl (C=O) groups excluding carboxylic acids is 1. The second-order valence-electron chi connectivity index (χ2n) is 9.24. The van der Waals surface area contributed by atoms with Crippen LogP contribution in [0.25, 0.3) is 0 Å². The zero-order chi connectivity index (χ0) is 30.1. The smallest absolute Gasteiger partial charge is 0.0134 e. The van der Waals surface area contributed by atoms with Crippen molar-refractivity contribution in [2.45, 2.75) is 6.92 Å². The second-order valence-corrected chi connectivity index (χ2v) is 14.0. The molecule has 0 aliphatic heterocycles. The fourth-order valence-electron chi connectivity index (χ4n) is 4.36. The average Bonchev–Trinajstić information content (AvgIpc) is 3.09. The molecule has 0 aromatic heterocycles. The van der Waals surface area contributed by atoms with Crippen molar-refractivity contribution < 1.29 is 27.0 Å². The summed E-state index contributed by atoms with van der Waals surface area (Å²) < 4.78 is 4.00. The molecule has 0 radical (unpaired) electrons. The standard InChI is InChI=1S/2C18H15P.C2H4O2.Rh/c2*1-4-10-16(11-5-1)19(17-12-6-2-7-13-17)18-14-8-3-9-15-18;1-2(3)4;/h2*1-15H;1H3,(H,3,4);/q;;;+1/p-1. The minimum Gasteiger partial charge on any atom is -0.0622 e. The van der Waals surface area contributed by atoms with E-state index in [4.69, 9.17) is 0 Å². The predicted octanol–water partition coefficient (Wildman–Crippen LogP) is 6.90. The Balaban J connectivity index is 0.000000171. The molecule has 216 valence electrons. The van der Waals surface area contributed by atoms with E-state index >= 15 is 0 Å². The molecule has 0 spiro atoms. The first-order valence-corrected chi connectivity index (χ1v) is 17.2. The van der Waals surface area contributed by atoms with Crippen LogP contribution in [0.5, 0.6) is 0 Å². The summed E-state index contributed by atoms with van der Waals surface area (Å²) >= 11 is 2.00. The van der Waals surface area contributed by atoms with E-state index < -0.39 is 15.8 Å². The van der Waals surface area contributed by atoms with E-state index in [1.165, 1.54) is 38.8 Å². The molecule has 0 atom stereocenters. The molecular weight excluding hydrogens is 653 g/mol. The predicted molar refractivity (Wildman–Crippen MR) is 182 cm³/mol. The minimum atomic E-state index is -0.446. The fourth-order valence-corrected chi connectivity index (χ4v) is 8.97. The molecule has 0 N–H and O–H groups in total. The van der Waals surface area contributed by atoms with Gasteiger partial charge in [0.15, 0.2) is 0 Å². The summed E-state index contributed by atoms with van der Waals surface area (Å²) in [7, 11) is -0.892. The molecule has 0 aliphatic rings. The molecule has 0 saturated heterocycles. The van der Waals surface area contributed by atoms with E-state index in [0.717, 1.165) is 0 Å². The molecule has 6 rings (SSSR count). The molecule has 2 nitrogen and oxygen atoms in total. The van der Waals surface area contributed by atoms with Crippen LogP contribution >= 0.6 is 15.8 Å². The first-order valence-electron chi connectivity index (χ1n) is 13.9. The van der Waals surface area contributed by atoms with Gasteiger partial charge in [0, 0.05) is 0 Å². The van der Waals surface area contributed by atoms with E-state index in [1.54, 1.807) is 0 Å². The zero-order valence-corrected chi connectivity index (χ0v) is 27.3. The van der Waals surface area contributed by atoms with Crippen molar-refractivity contribution in [1.82, 2.24) is 0 Å². The molecule has 0 unspecified atom stereocenters. The van der Waals surface area contributed by atoms with Crippen LogP contribution < -0.4 is 31.8 Å². The van der Waals surface area contributed by atoms with Crippen molar-refractivity contribution in [2.24, 2.45) is 0 Å². The minimum absolute atomic E-state index is 0.294. The van der Waals surface area contributed by atoms with Crippen LogP contribution in [0.2, 0.25) is 0 Å². The Kier molecular flexibility index (Phi) is 13.5. The van der Waals surface area contributed by atoms with Gasteiger partial charge in [-0.05, 0) is 47.7 Å². The molecule has 6 aromatic carbocycles. The third-order valence-electron chi connectivity index (χ3n) is 6.18. The van der Waals surface area contributed by atoms with Gasteiger partial charge < -0.3 is 0 Å². The first kappa shape index (κ1) is 32.2. The van der Waals surface area contributed by atoms with Gasteiger partial charge >= 0.3 is 39.9 Å². The maximum atomic E-state index is 9.56. The fraction of sp³-hybridized carbons (Fsp3) is 0.0263. The van der Waals surface area contributed by atoms with Gasteiger partial charge in [0.25, 0.3) is 0 Å². The summed E-state index contributed by atoms with van der Waals surface area (Å²) in [6, 6.07) is 64.7. The van der Waals surface area contributed by atoms with Gasteiger partial charge in [-0.3, -0.25) is 0 Å². The van der Waals surface area contributed by atoms with Crippen molar-refractivity contribution >= 4 is 53.6 Å². The summed E-state index contributed by atoms with van der Waals surface area (Å²) in [6.45, 7) is 1.33. The largest absolute Gasteiger partial charge is 0.0622 e. The van der Waals surface area contributed by atoms with Gasteiger partial charge in [0.05, 0.1) is 0 Å². The molecule has 6 aromatic rings. The summed E-state index contributed by atoms with van der Waals surface area (Å²) in [5.74, 6) is -0.294. The van der Waals surface area contributed by atoms with Gasteiger partial charge in [0.1, 0.15) is 0 Å². The summed E-state index contributed by atoms with van der Waals surface area (Å²) in [4.78, 5) is 9.56. The van der Waals surface area contributed by atoms with Crippen LogP contribution in [-0.2, 0) is 27.0 Å². The second kappa shape index (κ2) is 18.1. The normalized spacial score (nSPS) is 10.2. The molecule has 0 fully saturated rings. The van der Waals surface area contributed by atoms with Crippen molar-refractivity contribution in [1.29, 1.82) is 0 Å². The van der Waals surface area contributed by atoms with E-state index in [0.29, 0.717) is 0 Å². The molecule has 0 bridgehead atoms. The molecule has 0 amide bonds. The summed E-state index contributed by atoms with van der Waals surface area (Å²) in [6.07, 6.45) is 0. The zero-order valence-electron chi connectivity index (χ0n) is 23.9. The third-order valence-corrected chi connectivity index (χ3v) is 11.5. The molecule has 0 saturated carbocycles. The maximum absolute atomic E-state index is 9.56. The summed E-state index contributed by atoms with van der Waals surface area (Å²) in [5, 5.41) is 8.39. The molecule has 0 heterocycles. The monoisotopic (exact) mass is 686 g/mol. The number of hydrogen-bond acceptors (Lipinski definition) is 2. The maximum Gasteiger partial charge on any atom is -0.0134 e. The Morgan fingerprint density at radius 1 is 0.395 bits per heavy atom. The van der Waals surface area contributed by atoms with E-state index in [-0.39, 0.29) is 5.97 Å². The molecule has 5 heteroatoms. The molecular formula is C38H33O2P2Rh. The molecule has 43 heavy (non-hydrogen) atoms. The van der Waals surface area contributed by atoms with E-state index in [1.807, 2.05) is 18.7 Å². The SMILES string of the molecule is CC(=O)[O][Rh].c1ccc(P(c2ccccc2)c2ccccc2)cc1.c1ccc(P(c2ccccc2)c2ccccc2)cc1. The Bertz CT molecular complexity index is 1300. The third kappa shape index (κ3) is 10.2. The van der Waals surface area contributed by atoms with Gasteiger partial charge in [0.2, 0.25) is 0 Å². The topological polar surface area (TPSA) is 26.3 Å². The first-order chi connectivity index (χ1) is 21.2. The van der Waals surface area contributed by atoms with Crippen LogP contribution in [0.1, 0.15) is 6.92 Å². The number of carbonyl (C=O) groups is 1. The molecule has 0 aliphatic carbocycles. The number of hydrogen-bond donors (Lipinski definition) is 0. The van der Waals surface area contributed by atoms with Gasteiger partial charge in [-0.15, -0.1) is 0 Å². The van der Waals surface area contributed by atoms with Crippen LogP contribution in [0.3, 0.4) is 0 Å². The van der Waals surface area contributed by atoms with Crippen LogP contribution in [0.4, 0.5) is 0 Å². The van der Waals surface area contributed by atoms with Crippen molar-refractivity contribution in [3.05, 3.63) is 182 Å². The van der Waals surface area contributed by atoms with Crippen molar-refractivity contribution in [3.63, 3.8) is 0 Å². The quantitative estimate of drug-likeness (QED) is 0.141. The van der Waals surface area contributed by atoms with Crippen LogP contribution in [-0.4, -0.2) is 5.97 Å². The van der Waals surface area contributed by atoms with E-state index in [9.17, 15) is 4.79 Å².